The average molecular weight is 385 g/mol. The van der Waals surface area contributed by atoms with Crippen molar-refractivity contribution in [1.82, 2.24) is 0 Å². The van der Waals surface area contributed by atoms with Gasteiger partial charge in [-0.25, -0.2) is 0 Å². The number of aliphatic hydroxyl groups is 1. The maximum atomic E-state index is 12.9. The molecule has 3 aromatic rings. The number of benzene rings is 3. The summed E-state index contributed by atoms with van der Waals surface area (Å²) in [6.07, 6.45) is 1.62. The van der Waals surface area contributed by atoms with Gasteiger partial charge in [0.05, 0.1) is 12.8 Å². The summed E-state index contributed by atoms with van der Waals surface area (Å²) in [6, 6.07) is 26.1. The third kappa shape index (κ3) is 5.46. The summed E-state index contributed by atoms with van der Waals surface area (Å²) < 4.78 is 0. The number of ketones is 1. The fourth-order valence-electron chi connectivity index (χ4n) is 2.80. The van der Waals surface area contributed by atoms with E-state index < -0.39 is 0 Å². The molecule has 0 saturated carbocycles. The van der Waals surface area contributed by atoms with Crippen molar-refractivity contribution in [2.75, 3.05) is 25.1 Å². The highest BCUT2D eigenvalue weighted by atomic mass is 16.3. The summed E-state index contributed by atoms with van der Waals surface area (Å²) in [5.41, 5.74) is 3.46. The van der Waals surface area contributed by atoms with Crippen molar-refractivity contribution in [2.24, 2.45) is 10.2 Å². The van der Waals surface area contributed by atoms with E-state index in [-0.39, 0.29) is 12.4 Å². The molecule has 0 aliphatic carbocycles. The number of aliphatic hydroxyl groups excluding tert-OH is 1. The summed E-state index contributed by atoms with van der Waals surface area (Å²) in [6.45, 7) is 0.673. The minimum Gasteiger partial charge on any atom is -0.395 e. The Kier molecular flexibility index (Phi) is 7.03. The number of rotatable bonds is 8. The van der Waals surface area contributed by atoms with Crippen LogP contribution in [0.25, 0.3) is 0 Å². The minimum absolute atomic E-state index is 0.103. The molecule has 0 unspecified atom stereocenters. The number of carbonyl (C=O) groups excluding carboxylic acids is 1. The highest BCUT2D eigenvalue weighted by molar-refractivity contribution is 6.51. The topological polar surface area (TPSA) is 65.3 Å². The molecule has 5 nitrogen and oxygen atoms in total. The van der Waals surface area contributed by atoms with E-state index in [1.165, 1.54) is 0 Å². The van der Waals surface area contributed by atoms with Gasteiger partial charge in [-0.2, -0.15) is 5.10 Å². The van der Waals surface area contributed by atoms with Crippen LogP contribution in [-0.4, -0.2) is 43.0 Å². The number of carbonyl (C=O) groups is 1. The van der Waals surface area contributed by atoms with Crippen LogP contribution in [0.1, 0.15) is 21.5 Å². The largest absolute Gasteiger partial charge is 0.395 e. The highest BCUT2D eigenvalue weighted by Crippen LogP contribution is 2.13. The lowest BCUT2D eigenvalue weighted by Gasteiger charge is -2.17. The molecule has 0 fully saturated rings. The SMILES string of the molecule is CN(CCO)c1ccc(/C=N/N=C(/C(=O)c2ccccc2)c2ccccc2)cc1. The third-order valence-corrected chi connectivity index (χ3v) is 4.43. The quantitative estimate of drug-likeness (QED) is 0.364. The van der Waals surface area contributed by atoms with E-state index >= 15 is 0 Å². The van der Waals surface area contributed by atoms with Gasteiger partial charge in [0.25, 0.3) is 0 Å². The molecule has 146 valence electrons. The van der Waals surface area contributed by atoms with E-state index in [9.17, 15) is 4.79 Å². The first-order chi connectivity index (χ1) is 14.2. The second kappa shape index (κ2) is 10.1. The Labute approximate surface area is 170 Å². The van der Waals surface area contributed by atoms with E-state index in [1.807, 2.05) is 84.7 Å². The molecule has 0 aliphatic heterocycles. The molecular weight excluding hydrogens is 362 g/mol. The van der Waals surface area contributed by atoms with Gasteiger partial charge in [0.1, 0.15) is 5.71 Å². The predicted molar refractivity (Wildman–Crippen MR) is 118 cm³/mol. The Morgan fingerprint density at radius 1 is 0.897 bits per heavy atom. The first-order valence-corrected chi connectivity index (χ1v) is 9.37. The number of hydrogen-bond donors (Lipinski definition) is 1. The Hall–Kier alpha value is -3.57. The molecule has 5 heteroatoms. The van der Waals surface area contributed by atoms with Crippen LogP contribution in [0, 0.1) is 0 Å². The van der Waals surface area contributed by atoms with E-state index in [0.717, 1.165) is 16.8 Å². The second-order valence-corrected chi connectivity index (χ2v) is 6.49. The maximum Gasteiger partial charge on any atom is 0.213 e. The fourth-order valence-corrected chi connectivity index (χ4v) is 2.80. The summed E-state index contributed by atoms with van der Waals surface area (Å²) in [7, 11) is 1.92. The van der Waals surface area contributed by atoms with Crippen molar-refractivity contribution >= 4 is 23.4 Å². The first-order valence-electron chi connectivity index (χ1n) is 9.37. The molecule has 1 N–H and O–H groups in total. The van der Waals surface area contributed by atoms with Crippen LogP contribution in [-0.2, 0) is 0 Å². The Balaban J connectivity index is 1.84. The number of Topliss-reactive ketones (excluding diaryl/α,β-unsaturated/α-hetero) is 1. The molecule has 0 spiro atoms. The zero-order chi connectivity index (χ0) is 20.5. The highest BCUT2D eigenvalue weighted by Gasteiger charge is 2.15. The Bertz CT molecular complexity index is 982. The molecule has 3 aromatic carbocycles. The number of anilines is 1. The van der Waals surface area contributed by atoms with Crippen molar-refractivity contribution in [2.45, 2.75) is 0 Å². The van der Waals surface area contributed by atoms with Crippen LogP contribution < -0.4 is 4.90 Å². The third-order valence-electron chi connectivity index (χ3n) is 4.43. The van der Waals surface area contributed by atoms with Gasteiger partial charge in [0, 0.05) is 30.4 Å². The molecular formula is C24H23N3O2. The van der Waals surface area contributed by atoms with Gasteiger partial charge in [-0.1, -0.05) is 72.8 Å². The van der Waals surface area contributed by atoms with Crippen molar-refractivity contribution in [1.29, 1.82) is 0 Å². The van der Waals surface area contributed by atoms with E-state index in [0.29, 0.717) is 17.8 Å². The first kappa shape index (κ1) is 20.2. The van der Waals surface area contributed by atoms with E-state index in [1.54, 1.807) is 18.3 Å². The molecule has 0 saturated heterocycles. The lowest BCUT2D eigenvalue weighted by atomic mass is 10.0. The van der Waals surface area contributed by atoms with Crippen molar-refractivity contribution in [3.8, 4) is 0 Å². The molecule has 29 heavy (non-hydrogen) atoms. The molecule has 0 bridgehead atoms. The minimum atomic E-state index is -0.171. The van der Waals surface area contributed by atoms with E-state index in [4.69, 9.17) is 5.11 Å². The maximum absolute atomic E-state index is 12.9. The smallest absolute Gasteiger partial charge is 0.213 e. The zero-order valence-electron chi connectivity index (χ0n) is 16.3. The van der Waals surface area contributed by atoms with Crippen LogP contribution in [0.5, 0.6) is 0 Å². The molecule has 0 radical (unpaired) electrons. The normalized spacial score (nSPS) is 11.6. The van der Waals surface area contributed by atoms with E-state index in [2.05, 4.69) is 10.2 Å². The molecule has 3 rings (SSSR count). The Morgan fingerprint density at radius 3 is 2.07 bits per heavy atom. The predicted octanol–water partition coefficient (Wildman–Crippen LogP) is 3.82. The summed E-state index contributed by atoms with van der Waals surface area (Å²) in [4.78, 5) is 14.9. The van der Waals surface area contributed by atoms with Gasteiger partial charge in [0.15, 0.2) is 0 Å². The standard InChI is InChI=1S/C24H23N3O2/c1-27(16-17-28)22-14-12-19(13-15-22)18-25-26-23(20-8-4-2-5-9-20)24(29)21-10-6-3-7-11-21/h2-15,18,28H,16-17H2,1H3/b25-18+,26-23+. The number of hydrogen-bond acceptors (Lipinski definition) is 5. The molecule has 0 aromatic heterocycles. The van der Waals surface area contributed by atoms with Gasteiger partial charge in [-0.3, -0.25) is 4.79 Å². The van der Waals surface area contributed by atoms with Crippen LogP contribution in [0.15, 0.2) is 95.1 Å². The van der Waals surface area contributed by atoms with Crippen LogP contribution in [0.4, 0.5) is 5.69 Å². The molecule has 0 aliphatic rings. The van der Waals surface area contributed by atoms with Crippen molar-refractivity contribution in [3.05, 3.63) is 102 Å². The van der Waals surface area contributed by atoms with Crippen molar-refractivity contribution in [3.63, 3.8) is 0 Å². The van der Waals surface area contributed by atoms with Crippen molar-refractivity contribution < 1.29 is 9.90 Å². The van der Waals surface area contributed by atoms with Gasteiger partial charge in [-0.15, -0.1) is 5.10 Å². The zero-order valence-corrected chi connectivity index (χ0v) is 16.3. The van der Waals surface area contributed by atoms with Gasteiger partial charge >= 0.3 is 0 Å². The summed E-state index contributed by atoms with van der Waals surface area (Å²) >= 11 is 0. The molecule has 0 atom stereocenters. The van der Waals surface area contributed by atoms with Gasteiger partial charge in [-0.05, 0) is 17.7 Å². The number of likely N-dealkylation sites (N-methyl/N-ethyl adjacent to an activating group) is 1. The lowest BCUT2D eigenvalue weighted by molar-refractivity contribution is 0.106. The summed E-state index contributed by atoms with van der Waals surface area (Å²) in [5, 5.41) is 17.4. The van der Waals surface area contributed by atoms with Crippen LogP contribution in [0.3, 0.4) is 0 Å². The average Bonchev–Trinajstić information content (AvgIpc) is 2.78. The van der Waals surface area contributed by atoms with Gasteiger partial charge < -0.3 is 10.0 Å². The van der Waals surface area contributed by atoms with Gasteiger partial charge in [0.2, 0.25) is 5.78 Å². The Morgan fingerprint density at radius 2 is 1.48 bits per heavy atom. The van der Waals surface area contributed by atoms with Crippen LogP contribution in [0.2, 0.25) is 0 Å². The number of nitrogens with zero attached hydrogens (tertiary/aromatic N) is 3. The molecule has 0 amide bonds. The lowest BCUT2D eigenvalue weighted by Crippen LogP contribution is -2.20. The molecule has 0 heterocycles. The monoisotopic (exact) mass is 385 g/mol. The summed E-state index contributed by atoms with van der Waals surface area (Å²) in [5.74, 6) is -0.171. The fraction of sp³-hybridized carbons (Fsp3) is 0.125. The second-order valence-electron chi connectivity index (χ2n) is 6.49. The van der Waals surface area contributed by atoms with Crippen LogP contribution >= 0.6 is 0 Å².